The molecule has 0 spiro atoms. The summed E-state index contributed by atoms with van der Waals surface area (Å²) in [6.45, 7) is 1.38. The maximum Gasteiger partial charge on any atom is 0.0431 e. The van der Waals surface area contributed by atoms with Gasteiger partial charge in [0.05, 0.1) is 0 Å². The van der Waals surface area contributed by atoms with Gasteiger partial charge in [0, 0.05) is 77.6 Å². The van der Waals surface area contributed by atoms with E-state index in [1.165, 1.54) is 308 Å². The molecule has 0 heterocycles. The molecule has 0 saturated heterocycles. The summed E-state index contributed by atoms with van der Waals surface area (Å²) in [7, 11) is 0. The minimum atomic E-state index is -0.914. The minimum Gasteiger partial charge on any atom is -0.550 e. The van der Waals surface area contributed by atoms with Crippen LogP contribution in [0.25, 0.3) is 0 Å². The van der Waals surface area contributed by atoms with Crippen molar-refractivity contribution in [2.24, 2.45) is 0 Å². The zero-order valence-corrected chi connectivity index (χ0v) is 59.5. The molecular weight excluding hydrogens is 1260 g/mol. The number of rotatable bonds is 68. The molecule has 13 heteroatoms. The molecule has 0 atom stereocenters. The Balaban J connectivity index is -0.000000333. The van der Waals surface area contributed by atoms with Gasteiger partial charge in [0.2, 0.25) is 0 Å². The maximum atomic E-state index is 10.2. The van der Waals surface area contributed by atoms with Crippen molar-refractivity contribution in [2.75, 3.05) is 26.4 Å². The average Bonchev–Trinajstić information content (AvgIpc) is 3.47. The number of carboxylic acids is 4. The smallest absolute Gasteiger partial charge is 0.0431 e. The van der Waals surface area contributed by atoms with Crippen molar-refractivity contribution in [3.63, 3.8) is 0 Å². The largest absolute Gasteiger partial charge is 0.550 e. The Bertz CT molecular complexity index is 1060. The molecule has 0 rings (SSSR count). The Morgan fingerprint density at radius 2 is 0.224 bits per heavy atom. The molecule has 0 aromatic rings. The molecule has 0 bridgehead atoms. The third-order valence-corrected chi connectivity index (χ3v) is 16.2. The fourth-order valence-corrected chi connectivity index (χ4v) is 10.7. The summed E-state index contributed by atoms with van der Waals surface area (Å²) >= 11 is 0. The number of aliphatic hydroxyl groups is 4. The van der Waals surface area contributed by atoms with E-state index in [0.717, 1.165) is 77.0 Å². The first-order valence-electron chi connectivity index (χ1n) is 36.3. The molecule has 4 radical (unpaired) electrons. The van der Waals surface area contributed by atoms with Gasteiger partial charge < -0.3 is 60.0 Å². The van der Waals surface area contributed by atoms with Crippen LogP contribution in [0.4, 0.5) is 0 Å². The Kier molecular flexibility index (Phi) is 96.8. The zero-order valence-electron chi connectivity index (χ0n) is 55.6. The minimum absolute atomic E-state index is 0. The number of carbonyl (C=O) groups is 4. The van der Waals surface area contributed by atoms with Crippen molar-refractivity contribution in [2.45, 2.75) is 411 Å². The molecular formula is C72H140O12Pb-4. The summed E-state index contributed by atoms with van der Waals surface area (Å²) < 4.78 is 0. The quantitative estimate of drug-likeness (QED) is 0.0328. The van der Waals surface area contributed by atoms with E-state index in [2.05, 4.69) is 0 Å². The molecule has 0 aliphatic heterocycles. The van der Waals surface area contributed by atoms with Crippen LogP contribution in [0.5, 0.6) is 0 Å². The summed E-state index contributed by atoms with van der Waals surface area (Å²) in [5.41, 5.74) is 0. The van der Waals surface area contributed by atoms with Gasteiger partial charge in [-0.2, -0.15) is 0 Å². The van der Waals surface area contributed by atoms with Gasteiger partial charge in [-0.1, -0.05) is 334 Å². The second-order valence-corrected chi connectivity index (χ2v) is 24.6. The Hall–Kier alpha value is -1.36. The van der Waals surface area contributed by atoms with Crippen LogP contribution in [0.15, 0.2) is 0 Å². The van der Waals surface area contributed by atoms with Gasteiger partial charge in [-0.05, 0) is 77.0 Å². The van der Waals surface area contributed by atoms with Crippen LogP contribution < -0.4 is 20.4 Å². The summed E-state index contributed by atoms with van der Waals surface area (Å²) in [6, 6.07) is 0. The number of unbranched alkanes of at least 4 members (excludes halogenated alkanes) is 56. The average molecular weight is 1410 g/mol. The second kappa shape index (κ2) is 89.1. The molecule has 4 N–H and O–H groups in total. The fraction of sp³-hybridized carbons (Fsp3) is 0.944. The summed E-state index contributed by atoms with van der Waals surface area (Å²) in [5, 5.41) is 75.6. The molecule has 85 heavy (non-hydrogen) atoms. The van der Waals surface area contributed by atoms with E-state index < -0.39 is 23.9 Å². The van der Waals surface area contributed by atoms with E-state index in [4.69, 9.17) is 20.4 Å². The van der Waals surface area contributed by atoms with Crippen molar-refractivity contribution < 1.29 is 60.0 Å². The van der Waals surface area contributed by atoms with E-state index in [1.54, 1.807) is 0 Å². The number of hydrogen-bond acceptors (Lipinski definition) is 12. The third kappa shape index (κ3) is 108. The van der Waals surface area contributed by atoms with E-state index in [0.29, 0.717) is 26.4 Å². The van der Waals surface area contributed by atoms with Crippen molar-refractivity contribution in [1.29, 1.82) is 0 Å². The normalized spacial score (nSPS) is 10.8. The van der Waals surface area contributed by atoms with Gasteiger partial charge in [-0.15, -0.1) is 0 Å². The molecule has 0 aliphatic rings. The molecule has 0 amide bonds. The van der Waals surface area contributed by atoms with E-state index in [9.17, 15) is 39.6 Å². The van der Waals surface area contributed by atoms with Crippen LogP contribution >= 0.6 is 0 Å². The van der Waals surface area contributed by atoms with E-state index in [1.807, 2.05) is 0 Å². The van der Waals surface area contributed by atoms with Crippen LogP contribution in [0.3, 0.4) is 0 Å². The summed E-state index contributed by atoms with van der Waals surface area (Å²) in [4.78, 5) is 40.9. The molecule has 12 nitrogen and oxygen atoms in total. The molecule has 0 aromatic heterocycles. The van der Waals surface area contributed by atoms with E-state index >= 15 is 0 Å². The van der Waals surface area contributed by atoms with Gasteiger partial charge in [0.25, 0.3) is 0 Å². The fourth-order valence-electron chi connectivity index (χ4n) is 10.7. The Morgan fingerprint density at radius 3 is 0.294 bits per heavy atom. The second-order valence-electron chi connectivity index (χ2n) is 24.6. The van der Waals surface area contributed by atoms with Crippen LogP contribution in [0, 0.1) is 0 Å². The standard InChI is InChI=1S/4C18H36O3.Pb/c4*19-17-15-13-11-9-7-5-3-1-2-4-6-8-10-12-14-16-18(20)21;/h4*19H,1-17H2,(H,20,21);/p-4. The summed E-state index contributed by atoms with van der Waals surface area (Å²) in [6.07, 6.45) is 74.5. The first-order chi connectivity index (χ1) is 41.1. The topological polar surface area (TPSA) is 241 Å². The maximum absolute atomic E-state index is 10.2. The SMILES string of the molecule is O=C([O-])CCCCCCCCCCCCCCCCCO.O=C([O-])CCCCCCCCCCCCCCCCCO.O=C([O-])CCCCCCCCCCCCCCCCCO.O=C([O-])CCCCCCCCCCCCCCCCCO.[Pb]. The molecule has 0 saturated carbocycles. The molecule has 0 fully saturated rings. The number of carbonyl (C=O) groups excluding carboxylic acids is 4. The third-order valence-electron chi connectivity index (χ3n) is 16.2. The predicted molar refractivity (Wildman–Crippen MR) is 350 cm³/mol. The molecule has 0 unspecified atom stereocenters. The van der Waals surface area contributed by atoms with Crippen molar-refractivity contribution in [3.8, 4) is 0 Å². The van der Waals surface area contributed by atoms with Crippen LogP contribution in [0.2, 0.25) is 0 Å². The number of carboxylic acid groups (broad SMARTS) is 4. The van der Waals surface area contributed by atoms with Crippen LogP contribution in [-0.4, -0.2) is 98.0 Å². The number of hydrogen-bond donors (Lipinski definition) is 4. The molecule has 0 aromatic carbocycles. The first kappa shape index (κ1) is 92.4. The Morgan fingerprint density at radius 1 is 0.153 bits per heavy atom. The van der Waals surface area contributed by atoms with Crippen molar-refractivity contribution >= 4 is 51.2 Å². The summed E-state index contributed by atoms with van der Waals surface area (Å²) in [5.74, 6) is -3.65. The van der Waals surface area contributed by atoms with Gasteiger partial charge in [-0.3, -0.25) is 0 Å². The monoisotopic (exact) mass is 1410 g/mol. The number of aliphatic carboxylic acids is 4. The zero-order chi connectivity index (χ0) is 62.4. The van der Waals surface area contributed by atoms with Gasteiger partial charge in [0.15, 0.2) is 0 Å². The van der Waals surface area contributed by atoms with Gasteiger partial charge in [0.1, 0.15) is 0 Å². The van der Waals surface area contributed by atoms with Crippen LogP contribution in [0.1, 0.15) is 411 Å². The number of aliphatic hydroxyl groups excluding tert-OH is 4. The van der Waals surface area contributed by atoms with Gasteiger partial charge in [-0.25, -0.2) is 0 Å². The van der Waals surface area contributed by atoms with E-state index in [-0.39, 0.29) is 53.0 Å². The van der Waals surface area contributed by atoms with Crippen molar-refractivity contribution in [3.05, 3.63) is 0 Å². The van der Waals surface area contributed by atoms with Crippen LogP contribution in [-0.2, 0) is 19.2 Å². The van der Waals surface area contributed by atoms with Gasteiger partial charge >= 0.3 is 0 Å². The Labute approximate surface area is 545 Å². The molecule has 508 valence electrons. The molecule has 0 aliphatic carbocycles. The predicted octanol–water partition coefficient (Wildman–Crippen LogP) is 15.5. The first-order valence-corrected chi connectivity index (χ1v) is 36.3. The van der Waals surface area contributed by atoms with Crippen molar-refractivity contribution in [1.82, 2.24) is 0 Å².